The molecule has 0 unspecified atom stereocenters. The van der Waals surface area contributed by atoms with E-state index >= 15 is 0 Å². The zero-order valence-electron chi connectivity index (χ0n) is 7.94. The van der Waals surface area contributed by atoms with Crippen LogP contribution in [-0.4, -0.2) is 29.5 Å². The quantitative estimate of drug-likeness (QED) is 0.675. The molecule has 0 bridgehead atoms. The molecule has 0 fully saturated rings. The molecular weight excluding hydrogens is 199 g/mol. The Labute approximate surface area is 86.6 Å². The Morgan fingerprint density at radius 2 is 2.07 bits per heavy atom. The van der Waals surface area contributed by atoms with Crippen LogP contribution in [0.15, 0.2) is 18.2 Å². The number of benzene rings is 1. The molecule has 15 heavy (non-hydrogen) atoms. The molecule has 1 aromatic carbocycles. The van der Waals surface area contributed by atoms with Crippen molar-refractivity contribution in [2.24, 2.45) is 0 Å². The second-order valence-corrected chi connectivity index (χ2v) is 2.98. The predicted octanol–water partition coefficient (Wildman–Crippen LogP) is 0.462. The summed E-state index contributed by atoms with van der Waals surface area (Å²) < 4.78 is 13.1. The maximum Gasteiger partial charge on any atom is 0.143 e. The van der Waals surface area contributed by atoms with Crippen molar-refractivity contribution >= 4 is 5.69 Å². The maximum absolute atomic E-state index is 13.1. The smallest absolute Gasteiger partial charge is 0.143 e. The molecule has 1 rings (SSSR count). The number of hydrogen-bond acceptors (Lipinski definition) is 4. The van der Waals surface area contributed by atoms with Crippen LogP contribution in [0.5, 0.6) is 0 Å². The standard InChI is InChI=1S/C10H11FN2O2/c11-9-2-1-3-10(8(9)4-12)13-7(5-14)6-15/h1-3,7,13-15H,5-6H2. The number of halogens is 1. The van der Waals surface area contributed by atoms with Crippen LogP contribution >= 0.6 is 0 Å². The average molecular weight is 210 g/mol. The minimum Gasteiger partial charge on any atom is -0.394 e. The van der Waals surface area contributed by atoms with Crippen LogP contribution in [0.3, 0.4) is 0 Å². The minimum absolute atomic E-state index is 0.121. The molecule has 1 aromatic rings. The van der Waals surface area contributed by atoms with Gasteiger partial charge in [-0.2, -0.15) is 5.26 Å². The van der Waals surface area contributed by atoms with Gasteiger partial charge in [0.1, 0.15) is 17.4 Å². The van der Waals surface area contributed by atoms with Crippen LogP contribution in [0.2, 0.25) is 0 Å². The van der Waals surface area contributed by atoms with Crippen molar-refractivity contribution in [3.8, 4) is 6.07 Å². The van der Waals surface area contributed by atoms with Crippen LogP contribution in [0.1, 0.15) is 5.56 Å². The van der Waals surface area contributed by atoms with Crippen LogP contribution < -0.4 is 5.32 Å². The lowest BCUT2D eigenvalue weighted by Crippen LogP contribution is -2.28. The van der Waals surface area contributed by atoms with Gasteiger partial charge in [0.25, 0.3) is 0 Å². The first-order valence-corrected chi connectivity index (χ1v) is 4.39. The predicted molar refractivity (Wildman–Crippen MR) is 52.7 cm³/mol. The summed E-state index contributed by atoms with van der Waals surface area (Å²) in [6, 6.07) is 5.26. The van der Waals surface area contributed by atoms with Gasteiger partial charge < -0.3 is 15.5 Å². The summed E-state index contributed by atoms with van der Waals surface area (Å²) in [7, 11) is 0. The van der Waals surface area contributed by atoms with Gasteiger partial charge in [-0.3, -0.25) is 0 Å². The number of aliphatic hydroxyl groups excluding tert-OH is 2. The highest BCUT2D eigenvalue weighted by molar-refractivity contribution is 5.58. The Kier molecular flexibility index (Phi) is 4.03. The number of nitriles is 1. The molecule has 3 N–H and O–H groups in total. The van der Waals surface area contributed by atoms with Crippen molar-refractivity contribution in [3.05, 3.63) is 29.6 Å². The van der Waals surface area contributed by atoms with Gasteiger partial charge in [-0.05, 0) is 12.1 Å². The second kappa shape index (κ2) is 5.29. The molecule has 0 saturated heterocycles. The molecule has 0 radical (unpaired) electrons. The Hall–Kier alpha value is -1.64. The normalized spacial score (nSPS) is 10.1. The number of nitrogens with zero attached hydrogens (tertiary/aromatic N) is 1. The molecule has 0 aliphatic rings. The van der Waals surface area contributed by atoms with E-state index in [9.17, 15) is 4.39 Å². The molecule has 0 spiro atoms. The summed E-state index contributed by atoms with van der Waals surface area (Å²) in [5.74, 6) is -0.628. The average Bonchev–Trinajstić information content (AvgIpc) is 2.26. The number of nitrogens with one attached hydrogen (secondary N) is 1. The molecule has 0 saturated carbocycles. The Morgan fingerprint density at radius 3 is 2.60 bits per heavy atom. The van der Waals surface area contributed by atoms with E-state index in [-0.39, 0.29) is 24.5 Å². The minimum atomic E-state index is -0.628. The topological polar surface area (TPSA) is 76.3 Å². The zero-order chi connectivity index (χ0) is 11.3. The van der Waals surface area contributed by atoms with Crippen molar-refractivity contribution in [1.82, 2.24) is 0 Å². The van der Waals surface area contributed by atoms with Gasteiger partial charge in [-0.1, -0.05) is 6.07 Å². The second-order valence-electron chi connectivity index (χ2n) is 2.98. The van der Waals surface area contributed by atoms with Crippen LogP contribution in [-0.2, 0) is 0 Å². The Bertz CT molecular complexity index is 372. The van der Waals surface area contributed by atoms with Gasteiger partial charge in [0.05, 0.1) is 24.9 Å². The van der Waals surface area contributed by atoms with E-state index in [0.717, 1.165) is 0 Å². The number of rotatable bonds is 4. The van der Waals surface area contributed by atoms with Crippen LogP contribution in [0.4, 0.5) is 10.1 Å². The number of hydrogen-bond donors (Lipinski definition) is 3. The van der Waals surface area contributed by atoms with E-state index in [4.69, 9.17) is 15.5 Å². The van der Waals surface area contributed by atoms with Crippen molar-refractivity contribution in [2.45, 2.75) is 6.04 Å². The summed E-state index contributed by atoms with van der Waals surface area (Å²) in [5.41, 5.74) is 0.148. The summed E-state index contributed by atoms with van der Waals surface area (Å²) >= 11 is 0. The van der Waals surface area contributed by atoms with E-state index in [1.807, 2.05) is 0 Å². The van der Waals surface area contributed by atoms with E-state index in [2.05, 4.69) is 5.32 Å². The Balaban J connectivity index is 2.95. The van der Waals surface area contributed by atoms with E-state index in [1.54, 1.807) is 6.07 Å². The Morgan fingerprint density at radius 1 is 1.40 bits per heavy atom. The van der Waals surface area contributed by atoms with Gasteiger partial charge in [0, 0.05) is 0 Å². The van der Waals surface area contributed by atoms with Gasteiger partial charge in [0.15, 0.2) is 0 Å². The molecule has 4 nitrogen and oxygen atoms in total. The van der Waals surface area contributed by atoms with Crippen molar-refractivity contribution < 1.29 is 14.6 Å². The number of aliphatic hydroxyl groups is 2. The molecule has 0 aliphatic heterocycles. The molecule has 0 aromatic heterocycles. The molecule has 80 valence electrons. The van der Waals surface area contributed by atoms with Gasteiger partial charge >= 0.3 is 0 Å². The molecule has 0 aliphatic carbocycles. The van der Waals surface area contributed by atoms with Crippen molar-refractivity contribution in [1.29, 1.82) is 5.26 Å². The first-order valence-electron chi connectivity index (χ1n) is 4.39. The van der Waals surface area contributed by atoms with E-state index in [0.29, 0.717) is 0 Å². The van der Waals surface area contributed by atoms with Crippen molar-refractivity contribution in [3.63, 3.8) is 0 Å². The fourth-order valence-electron chi connectivity index (χ4n) is 1.13. The molecule has 0 atom stereocenters. The third kappa shape index (κ3) is 2.65. The summed E-state index contributed by atoms with van der Waals surface area (Å²) in [4.78, 5) is 0. The highest BCUT2D eigenvalue weighted by Crippen LogP contribution is 2.18. The first-order chi connectivity index (χ1) is 7.22. The van der Waals surface area contributed by atoms with Gasteiger partial charge in [-0.15, -0.1) is 0 Å². The van der Waals surface area contributed by atoms with Gasteiger partial charge in [0.2, 0.25) is 0 Å². The third-order valence-corrected chi connectivity index (χ3v) is 1.93. The molecule has 5 heteroatoms. The highest BCUT2D eigenvalue weighted by atomic mass is 19.1. The summed E-state index contributed by atoms with van der Waals surface area (Å²) in [6.07, 6.45) is 0. The molecular formula is C10H11FN2O2. The highest BCUT2D eigenvalue weighted by Gasteiger charge is 2.11. The summed E-state index contributed by atoms with van der Waals surface area (Å²) in [6.45, 7) is -0.588. The molecule has 0 heterocycles. The van der Waals surface area contributed by atoms with Gasteiger partial charge in [-0.25, -0.2) is 4.39 Å². The van der Waals surface area contributed by atoms with E-state index < -0.39 is 11.9 Å². The largest absolute Gasteiger partial charge is 0.394 e. The van der Waals surface area contributed by atoms with Crippen molar-refractivity contribution in [2.75, 3.05) is 18.5 Å². The SMILES string of the molecule is N#Cc1c(F)cccc1NC(CO)CO. The monoisotopic (exact) mass is 210 g/mol. The summed E-state index contributed by atoms with van der Waals surface area (Å²) in [5, 5.41) is 29.0. The fraction of sp³-hybridized carbons (Fsp3) is 0.300. The number of anilines is 1. The fourth-order valence-corrected chi connectivity index (χ4v) is 1.13. The van der Waals surface area contributed by atoms with E-state index in [1.165, 1.54) is 18.2 Å². The third-order valence-electron chi connectivity index (χ3n) is 1.93. The lowest BCUT2D eigenvalue weighted by atomic mass is 10.1. The lowest BCUT2D eigenvalue weighted by molar-refractivity contribution is 0.204. The maximum atomic E-state index is 13.1. The van der Waals surface area contributed by atoms with Crippen LogP contribution in [0.25, 0.3) is 0 Å². The molecule has 0 amide bonds. The first kappa shape index (κ1) is 11.4. The van der Waals surface area contributed by atoms with Crippen LogP contribution in [0, 0.1) is 17.1 Å². The zero-order valence-corrected chi connectivity index (χ0v) is 7.94. The lowest BCUT2D eigenvalue weighted by Gasteiger charge is -2.15.